The van der Waals surface area contributed by atoms with Gasteiger partial charge in [-0.15, -0.1) is 0 Å². The second kappa shape index (κ2) is 6.35. The van der Waals surface area contributed by atoms with Crippen molar-refractivity contribution in [3.63, 3.8) is 0 Å². The maximum Gasteiger partial charge on any atom is 0.332 e. The Hall–Kier alpha value is -2.22. The third-order valence-corrected chi connectivity index (χ3v) is 4.07. The molecule has 0 fully saturated rings. The predicted molar refractivity (Wildman–Crippen MR) is 90.0 cm³/mol. The van der Waals surface area contributed by atoms with E-state index in [2.05, 4.69) is 4.98 Å². The van der Waals surface area contributed by atoms with Crippen molar-refractivity contribution in [3.05, 3.63) is 26.7 Å². The first-order valence-electron chi connectivity index (χ1n) is 7.94. The molecular weight excluding hydrogens is 312 g/mol. The molecule has 0 spiro atoms. The first-order valence-corrected chi connectivity index (χ1v) is 7.94. The zero-order valence-corrected chi connectivity index (χ0v) is 14.8. The summed E-state index contributed by atoms with van der Waals surface area (Å²) in [6, 6.07) is 0. The van der Waals surface area contributed by atoms with Gasteiger partial charge < -0.3 is 14.5 Å². The Labute approximate surface area is 139 Å². The number of rotatable bonds is 6. The molecule has 2 aromatic rings. The summed E-state index contributed by atoms with van der Waals surface area (Å²) in [5, 5.41) is 10.2. The van der Waals surface area contributed by atoms with Crippen LogP contribution in [0.2, 0.25) is 0 Å². The Bertz CT molecular complexity index is 896. The minimum atomic E-state index is -1.23. The number of hydrogen-bond acceptors (Lipinski definition) is 5. The molecule has 2 rings (SSSR count). The minimum absolute atomic E-state index is 0.0900. The first kappa shape index (κ1) is 18.1. The van der Waals surface area contributed by atoms with Gasteiger partial charge in [-0.3, -0.25) is 13.9 Å². The molecule has 8 heteroatoms. The summed E-state index contributed by atoms with van der Waals surface area (Å²) in [5.41, 5.74) is -1.58. The molecule has 1 N–H and O–H groups in total. The van der Waals surface area contributed by atoms with Gasteiger partial charge in [0.2, 0.25) is 0 Å². The number of Topliss-reactive ketones (excluding diaryl/α,β-unsaturated/α-hetero) is 1. The number of unbranched alkanes of at least 4 members (excludes halogenated alkanes) is 1. The van der Waals surface area contributed by atoms with Gasteiger partial charge in [0.05, 0.1) is 0 Å². The van der Waals surface area contributed by atoms with Crippen LogP contribution in [0.5, 0.6) is 0 Å². The van der Waals surface area contributed by atoms with Gasteiger partial charge in [0.15, 0.2) is 11.2 Å². The Balaban J connectivity index is 2.55. The number of imidazole rings is 1. The Morgan fingerprint density at radius 2 is 1.79 bits per heavy atom. The second-order valence-corrected chi connectivity index (χ2v) is 6.68. The molecule has 0 aliphatic carbocycles. The van der Waals surface area contributed by atoms with Crippen LogP contribution in [0.3, 0.4) is 0 Å². The van der Waals surface area contributed by atoms with Gasteiger partial charge in [-0.2, -0.15) is 0 Å². The van der Waals surface area contributed by atoms with Crippen molar-refractivity contribution in [2.75, 3.05) is 0 Å². The van der Waals surface area contributed by atoms with Crippen molar-refractivity contribution in [3.8, 4) is 0 Å². The van der Waals surface area contributed by atoms with Gasteiger partial charge in [0.25, 0.3) is 5.56 Å². The molecule has 0 radical (unpaired) electrons. The topological polar surface area (TPSA) is 99.1 Å². The lowest BCUT2D eigenvalue weighted by Gasteiger charge is -2.16. The molecule has 0 atom stereocenters. The van der Waals surface area contributed by atoms with Crippen LogP contribution in [0, 0.1) is 0 Å². The zero-order valence-electron chi connectivity index (χ0n) is 14.8. The van der Waals surface area contributed by atoms with Crippen molar-refractivity contribution in [1.82, 2.24) is 18.7 Å². The first-order chi connectivity index (χ1) is 11.1. The zero-order chi connectivity index (χ0) is 18.2. The van der Waals surface area contributed by atoms with Crippen molar-refractivity contribution in [2.45, 2.75) is 52.2 Å². The third kappa shape index (κ3) is 3.19. The van der Waals surface area contributed by atoms with Crippen LogP contribution in [-0.2, 0) is 31.0 Å². The van der Waals surface area contributed by atoms with E-state index in [1.54, 1.807) is 27.9 Å². The average Bonchev–Trinajstić information content (AvgIpc) is 2.81. The summed E-state index contributed by atoms with van der Waals surface area (Å²) in [7, 11) is 3.20. The normalized spacial score (nSPS) is 12.1. The van der Waals surface area contributed by atoms with Crippen LogP contribution >= 0.6 is 0 Å². The SMILES string of the molecule is CC(=O)CCCCn1c(=O)c2c(nc(C(C)(C)O)n2C)n(C)c1=O. The van der Waals surface area contributed by atoms with Crippen molar-refractivity contribution in [1.29, 1.82) is 0 Å². The lowest BCUT2D eigenvalue weighted by molar-refractivity contribution is -0.117. The number of aliphatic hydroxyl groups is 1. The average molecular weight is 336 g/mol. The van der Waals surface area contributed by atoms with Crippen molar-refractivity contribution >= 4 is 16.9 Å². The van der Waals surface area contributed by atoms with E-state index in [1.807, 2.05) is 0 Å². The van der Waals surface area contributed by atoms with Gasteiger partial charge in [0.1, 0.15) is 17.2 Å². The number of carbonyl (C=O) groups is 1. The lowest BCUT2D eigenvalue weighted by atomic mass is 10.1. The molecule has 0 aromatic carbocycles. The molecule has 0 saturated heterocycles. The fourth-order valence-electron chi connectivity index (χ4n) is 2.83. The van der Waals surface area contributed by atoms with Gasteiger partial charge >= 0.3 is 5.69 Å². The second-order valence-electron chi connectivity index (χ2n) is 6.68. The van der Waals surface area contributed by atoms with Gasteiger partial charge in [-0.05, 0) is 33.6 Å². The van der Waals surface area contributed by atoms with E-state index in [1.165, 1.54) is 16.1 Å². The van der Waals surface area contributed by atoms with E-state index >= 15 is 0 Å². The van der Waals surface area contributed by atoms with E-state index in [0.717, 1.165) is 4.57 Å². The minimum Gasteiger partial charge on any atom is -0.383 e. The number of hydrogen-bond donors (Lipinski definition) is 1. The van der Waals surface area contributed by atoms with E-state index in [-0.39, 0.29) is 23.5 Å². The van der Waals surface area contributed by atoms with Crippen LogP contribution in [0.1, 0.15) is 45.9 Å². The summed E-state index contributed by atoms with van der Waals surface area (Å²) < 4.78 is 4.01. The fraction of sp³-hybridized carbons (Fsp3) is 0.625. The Morgan fingerprint density at radius 1 is 1.17 bits per heavy atom. The third-order valence-electron chi connectivity index (χ3n) is 4.07. The molecule has 8 nitrogen and oxygen atoms in total. The van der Waals surface area contributed by atoms with E-state index < -0.39 is 16.9 Å². The summed E-state index contributed by atoms with van der Waals surface area (Å²) >= 11 is 0. The monoisotopic (exact) mass is 336 g/mol. The largest absolute Gasteiger partial charge is 0.383 e. The smallest absolute Gasteiger partial charge is 0.332 e. The summed E-state index contributed by atoms with van der Waals surface area (Å²) in [6.45, 7) is 4.92. The number of aromatic nitrogens is 4. The maximum absolute atomic E-state index is 12.7. The number of aryl methyl sites for hydroxylation is 2. The number of nitrogens with zero attached hydrogens (tertiary/aromatic N) is 4. The Morgan fingerprint density at radius 3 is 2.33 bits per heavy atom. The van der Waals surface area contributed by atoms with Gasteiger partial charge in [0, 0.05) is 27.1 Å². The molecule has 0 amide bonds. The quantitative estimate of drug-likeness (QED) is 0.771. The highest BCUT2D eigenvalue weighted by Crippen LogP contribution is 2.20. The van der Waals surface area contributed by atoms with E-state index in [0.29, 0.717) is 25.1 Å². The van der Waals surface area contributed by atoms with E-state index in [9.17, 15) is 19.5 Å². The molecule has 0 bridgehead atoms. The number of ketones is 1. The van der Waals surface area contributed by atoms with Gasteiger partial charge in [-0.25, -0.2) is 9.78 Å². The fourth-order valence-corrected chi connectivity index (χ4v) is 2.83. The summed E-state index contributed by atoms with van der Waals surface area (Å²) in [6.07, 6.45) is 1.63. The molecular formula is C16H24N4O4. The molecule has 0 aliphatic rings. The standard InChI is InChI=1S/C16H24N4O4/c1-10(21)8-6-7-9-20-13(22)11-12(19(5)15(20)23)17-14(18(11)4)16(2,3)24/h24H,6-9H2,1-5H3. The maximum atomic E-state index is 12.7. The highest BCUT2D eigenvalue weighted by atomic mass is 16.3. The van der Waals surface area contributed by atoms with E-state index in [4.69, 9.17) is 0 Å². The molecule has 0 saturated carbocycles. The molecule has 24 heavy (non-hydrogen) atoms. The molecule has 0 unspecified atom stereocenters. The van der Waals surface area contributed by atoms with Crippen molar-refractivity contribution in [2.24, 2.45) is 14.1 Å². The molecule has 2 aromatic heterocycles. The van der Waals surface area contributed by atoms with Crippen LogP contribution in [0.4, 0.5) is 0 Å². The highest BCUT2D eigenvalue weighted by molar-refractivity contribution is 5.75. The van der Waals surface area contributed by atoms with Gasteiger partial charge in [-0.1, -0.05) is 0 Å². The van der Waals surface area contributed by atoms with Crippen LogP contribution in [0.25, 0.3) is 11.2 Å². The number of fused-ring (bicyclic) bond motifs is 1. The summed E-state index contributed by atoms with van der Waals surface area (Å²) in [5.74, 6) is 0.408. The van der Waals surface area contributed by atoms with Crippen LogP contribution in [-0.4, -0.2) is 29.6 Å². The molecule has 0 aliphatic heterocycles. The summed E-state index contributed by atoms with van der Waals surface area (Å²) in [4.78, 5) is 40.5. The predicted octanol–water partition coefficient (Wildman–Crippen LogP) is 0.420. The van der Waals surface area contributed by atoms with Crippen LogP contribution < -0.4 is 11.2 Å². The highest BCUT2D eigenvalue weighted by Gasteiger charge is 2.26. The molecule has 2 heterocycles. The Kier molecular flexibility index (Phi) is 4.80. The molecule has 132 valence electrons. The van der Waals surface area contributed by atoms with Crippen LogP contribution in [0.15, 0.2) is 9.59 Å². The number of carbonyl (C=O) groups excluding carboxylic acids is 1. The van der Waals surface area contributed by atoms with Crippen molar-refractivity contribution < 1.29 is 9.90 Å². The lowest BCUT2D eigenvalue weighted by Crippen LogP contribution is -2.39.